The van der Waals surface area contributed by atoms with Crippen LogP contribution in [-0.4, -0.2) is 27.1 Å². The Morgan fingerprint density at radius 3 is 2.39 bits per heavy atom. The third-order valence-corrected chi connectivity index (χ3v) is 5.12. The molecule has 1 atom stereocenters. The Hall–Kier alpha value is -3.14. The number of nitriles is 1. The summed E-state index contributed by atoms with van der Waals surface area (Å²) in [4.78, 5) is 13.1. The summed E-state index contributed by atoms with van der Waals surface area (Å²) >= 11 is 0. The van der Waals surface area contributed by atoms with Gasteiger partial charge in [-0.1, -0.05) is 19.9 Å². The van der Waals surface area contributed by atoms with Gasteiger partial charge in [0.25, 0.3) is 0 Å². The average Bonchev–Trinajstić information content (AvgIpc) is 2.64. The van der Waals surface area contributed by atoms with Gasteiger partial charge in [0.1, 0.15) is 17.4 Å². The van der Waals surface area contributed by atoms with Crippen molar-refractivity contribution < 1.29 is 23.7 Å². The van der Waals surface area contributed by atoms with E-state index in [4.69, 9.17) is 24.7 Å². The zero-order valence-corrected chi connectivity index (χ0v) is 16.7. The van der Waals surface area contributed by atoms with Crippen molar-refractivity contribution in [2.75, 3.05) is 21.3 Å². The molecule has 0 radical (unpaired) electrons. The number of nitrogens with two attached hydrogens (primary N) is 1. The van der Waals surface area contributed by atoms with Crippen LogP contribution in [0.5, 0.6) is 17.2 Å². The molecule has 2 N–H and O–H groups in total. The predicted molar refractivity (Wildman–Crippen MR) is 102 cm³/mol. The smallest absolute Gasteiger partial charge is 0.205 e. The van der Waals surface area contributed by atoms with Gasteiger partial charge in [0.2, 0.25) is 11.6 Å². The van der Waals surface area contributed by atoms with Gasteiger partial charge in [-0.2, -0.15) is 5.26 Å². The molecule has 1 aliphatic heterocycles. The molecular weight excluding hydrogens is 360 g/mol. The zero-order chi connectivity index (χ0) is 20.6. The number of Topliss-reactive ketones (excluding diaryl/α,β-unsaturated/α-hetero) is 1. The Bertz CT molecular complexity index is 937. The number of hydrogen-bond donors (Lipinski definition) is 1. The van der Waals surface area contributed by atoms with E-state index >= 15 is 0 Å². The minimum absolute atomic E-state index is 0.00795. The van der Waals surface area contributed by atoms with Crippen LogP contribution >= 0.6 is 0 Å². The summed E-state index contributed by atoms with van der Waals surface area (Å²) in [6.45, 7) is 4.01. The number of benzene rings is 1. The van der Waals surface area contributed by atoms with Crippen LogP contribution in [0.1, 0.15) is 38.2 Å². The first-order valence-electron chi connectivity index (χ1n) is 8.90. The van der Waals surface area contributed by atoms with Gasteiger partial charge in [-0.3, -0.25) is 4.79 Å². The molecule has 7 heteroatoms. The van der Waals surface area contributed by atoms with Crippen molar-refractivity contribution in [2.45, 2.75) is 32.6 Å². The standard InChI is InChI=1S/C21H24N2O5/c1-21(2)8-13(24)17-15(9-21)28-20(23)12(10-22)16(17)11-6-7-14(25-3)19(27-5)18(11)26-4/h6-7,16H,8-9,23H2,1-5H3/t16-/m0/s1. The number of nitrogens with zero attached hydrogens (tertiary/aromatic N) is 1. The van der Waals surface area contributed by atoms with E-state index < -0.39 is 5.92 Å². The fourth-order valence-corrected chi connectivity index (χ4v) is 3.95. The third-order valence-electron chi connectivity index (χ3n) is 5.12. The minimum atomic E-state index is -0.688. The van der Waals surface area contributed by atoms with Gasteiger partial charge in [-0.25, -0.2) is 0 Å². The van der Waals surface area contributed by atoms with Crippen LogP contribution in [0.2, 0.25) is 0 Å². The van der Waals surface area contributed by atoms with Crippen LogP contribution in [0.4, 0.5) is 0 Å². The van der Waals surface area contributed by atoms with E-state index in [0.29, 0.717) is 47.0 Å². The quantitative estimate of drug-likeness (QED) is 0.850. The lowest BCUT2D eigenvalue weighted by molar-refractivity contribution is -0.119. The SMILES string of the molecule is COc1ccc([C@H]2C(C#N)=C(N)OC3=C2C(=O)CC(C)(C)C3)c(OC)c1OC. The first kappa shape index (κ1) is 19.6. The number of rotatable bonds is 4. The zero-order valence-electron chi connectivity index (χ0n) is 16.7. The highest BCUT2D eigenvalue weighted by molar-refractivity contribution is 6.00. The largest absolute Gasteiger partial charge is 0.493 e. The van der Waals surface area contributed by atoms with Crippen molar-refractivity contribution in [3.05, 3.63) is 40.5 Å². The maximum atomic E-state index is 13.1. The van der Waals surface area contributed by atoms with Crippen LogP contribution < -0.4 is 19.9 Å². The molecule has 3 rings (SSSR count). The number of ether oxygens (including phenoxy) is 4. The highest BCUT2D eigenvalue weighted by atomic mass is 16.5. The molecule has 1 aromatic carbocycles. The molecule has 0 aromatic heterocycles. The number of carbonyl (C=O) groups is 1. The Kier molecular flexibility index (Phi) is 4.99. The number of ketones is 1. The van der Waals surface area contributed by atoms with E-state index in [1.165, 1.54) is 21.3 Å². The number of allylic oxidation sites excluding steroid dienone is 3. The lowest BCUT2D eigenvalue weighted by Crippen LogP contribution is -2.33. The normalized spacial score (nSPS) is 20.9. The first-order valence-corrected chi connectivity index (χ1v) is 8.90. The molecule has 2 aliphatic rings. The first-order chi connectivity index (χ1) is 13.3. The molecule has 7 nitrogen and oxygen atoms in total. The second kappa shape index (κ2) is 7.12. The van der Waals surface area contributed by atoms with Crippen LogP contribution in [-0.2, 0) is 9.53 Å². The van der Waals surface area contributed by atoms with Crippen LogP contribution in [0.3, 0.4) is 0 Å². The number of methoxy groups -OCH3 is 3. The fraction of sp³-hybridized carbons (Fsp3) is 0.429. The van der Waals surface area contributed by atoms with Crippen LogP contribution in [0, 0.1) is 16.7 Å². The second-order valence-corrected chi connectivity index (χ2v) is 7.63. The van der Waals surface area contributed by atoms with E-state index in [9.17, 15) is 10.1 Å². The Morgan fingerprint density at radius 2 is 1.82 bits per heavy atom. The summed E-state index contributed by atoms with van der Waals surface area (Å²) < 4.78 is 22.1. The lowest BCUT2D eigenvalue weighted by atomic mass is 9.70. The molecule has 0 spiro atoms. The maximum Gasteiger partial charge on any atom is 0.205 e. The summed E-state index contributed by atoms with van der Waals surface area (Å²) in [5, 5.41) is 9.76. The van der Waals surface area contributed by atoms with E-state index in [-0.39, 0.29) is 22.7 Å². The summed E-state index contributed by atoms with van der Waals surface area (Å²) in [6.07, 6.45) is 0.916. The van der Waals surface area contributed by atoms with Gasteiger partial charge in [-0.05, 0) is 11.5 Å². The van der Waals surface area contributed by atoms with Gasteiger partial charge in [-0.15, -0.1) is 0 Å². The molecule has 0 bridgehead atoms. The molecule has 0 saturated heterocycles. The summed E-state index contributed by atoms with van der Waals surface area (Å²) in [7, 11) is 4.53. The highest BCUT2D eigenvalue weighted by Crippen LogP contribution is 2.52. The molecule has 0 unspecified atom stereocenters. The molecule has 0 fully saturated rings. The highest BCUT2D eigenvalue weighted by Gasteiger charge is 2.44. The molecule has 28 heavy (non-hydrogen) atoms. The monoisotopic (exact) mass is 384 g/mol. The van der Waals surface area contributed by atoms with Gasteiger partial charge >= 0.3 is 0 Å². The van der Waals surface area contributed by atoms with Crippen molar-refractivity contribution in [1.82, 2.24) is 0 Å². The Labute approximate surface area is 164 Å². The Morgan fingerprint density at radius 1 is 1.14 bits per heavy atom. The minimum Gasteiger partial charge on any atom is -0.493 e. The van der Waals surface area contributed by atoms with Crippen molar-refractivity contribution in [1.29, 1.82) is 5.26 Å². The van der Waals surface area contributed by atoms with Gasteiger partial charge in [0.05, 0.1) is 27.2 Å². The average molecular weight is 384 g/mol. The van der Waals surface area contributed by atoms with E-state index in [1.807, 2.05) is 13.8 Å². The molecule has 0 saturated carbocycles. The molecule has 1 heterocycles. The Balaban J connectivity index is 2.28. The van der Waals surface area contributed by atoms with E-state index in [1.54, 1.807) is 12.1 Å². The van der Waals surface area contributed by atoms with Crippen molar-refractivity contribution in [3.8, 4) is 23.3 Å². The summed E-state index contributed by atoms with van der Waals surface area (Å²) in [6, 6.07) is 5.59. The number of carbonyl (C=O) groups excluding carboxylic acids is 1. The molecule has 1 aliphatic carbocycles. The van der Waals surface area contributed by atoms with Crippen molar-refractivity contribution >= 4 is 5.78 Å². The molecule has 148 valence electrons. The maximum absolute atomic E-state index is 13.1. The fourth-order valence-electron chi connectivity index (χ4n) is 3.95. The predicted octanol–water partition coefficient (Wildman–Crippen LogP) is 3.16. The third kappa shape index (κ3) is 3.05. The molecular formula is C21H24N2O5. The van der Waals surface area contributed by atoms with Gasteiger partial charge < -0.3 is 24.7 Å². The molecule has 0 amide bonds. The number of hydrogen-bond acceptors (Lipinski definition) is 7. The summed E-state index contributed by atoms with van der Waals surface area (Å²) in [5.41, 5.74) is 7.06. The topological polar surface area (TPSA) is 104 Å². The molecule has 1 aromatic rings. The van der Waals surface area contributed by atoms with Crippen molar-refractivity contribution in [3.63, 3.8) is 0 Å². The lowest BCUT2D eigenvalue weighted by Gasteiger charge is -2.37. The van der Waals surface area contributed by atoms with E-state index in [2.05, 4.69) is 6.07 Å². The second-order valence-electron chi connectivity index (χ2n) is 7.63. The van der Waals surface area contributed by atoms with Crippen LogP contribution in [0.25, 0.3) is 0 Å². The van der Waals surface area contributed by atoms with Gasteiger partial charge in [0, 0.05) is 24.0 Å². The van der Waals surface area contributed by atoms with Crippen molar-refractivity contribution in [2.24, 2.45) is 11.1 Å². The van der Waals surface area contributed by atoms with Gasteiger partial charge in [0.15, 0.2) is 17.3 Å². The summed E-state index contributed by atoms with van der Waals surface area (Å²) in [5.74, 6) is 1.03. The van der Waals surface area contributed by atoms with Crippen LogP contribution in [0.15, 0.2) is 34.9 Å². The van der Waals surface area contributed by atoms with E-state index in [0.717, 1.165) is 0 Å².